The van der Waals surface area contributed by atoms with Crippen molar-refractivity contribution >= 4 is 17.8 Å². The Hall–Kier alpha value is -1.59. The molecule has 15 heavy (non-hydrogen) atoms. The molecule has 0 bridgehead atoms. The lowest BCUT2D eigenvalue weighted by Gasteiger charge is -2.31. The van der Waals surface area contributed by atoms with Crippen molar-refractivity contribution < 1.29 is 19.5 Å². The van der Waals surface area contributed by atoms with Gasteiger partial charge < -0.3 is 15.3 Å². The topological polar surface area (TPSA) is 86.7 Å². The van der Waals surface area contributed by atoms with Crippen LogP contribution in [0.15, 0.2) is 0 Å². The van der Waals surface area contributed by atoms with Crippen molar-refractivity contribution in [2.45, 2.75) is 31.3 Å². The molecular formula is C9H12N2O4. The van der Waals surface area contributed by atoms with Crippen molar-refractivity contribution in [1.82, 2.24) is 10.2 Å². The monoisotopic (exact) mass is 212 g/mol. The van der Waals surface area contributed by atoms with Crippen LogP contribution in [0.1, 0.15) is 19.3 Å². The van der Waals surface area contributed by atoms with Crippen LogP contribution in [0.4, 0.5) is 0 Å². The summed E-state index contributed by atoms with van der Waals surface area (Å²) in [5, 5.41) is 11.0. The van der Waals surface area contributed by atoms with Crippen LogP contribution in [-0.4, -0.2) is 46.4 Å². The zero-order valence-electron chi connectivity index (χ0n) is 8.10. The molecule has 2 amide bonds. The van der Waals surface area contributed by atoms with E-state index in [1.54, 1.807) is 0 Å². The smallest absolute Gasteiger partial charge is 0.305 e. The summed E-state index contributed by atoms with van der Waals surface area (Å²) in [6.07, 6.45) is 1.49. The van der Waals surface area contributed by atoms with E-state index >= 15 is 0 Å². The van der Waals surface area contributed by atoms with Gasteiger partial charge in [0.05, 0.1) is 13.0 Å². The van der Waals surface area contributed by atoms with Crippen molar-refractivity contribution in [3.63, 3.8) is 0 Å². The highest BCUT2D eigenvalue weighted by Gasteiger charge is 2.41. The summed E-state index contributed by atoms with van der Waals surface area (Å²) in [5.41, 5.74) is 0. The maximum Gasteiger partial charge on any atom is 0.305 e. The number of amides is 2. The molecule has 1 saturated carbocycles. The summed E-state index contributed by atoms with van der Waals surface area (Å²) >= 11 is 0. The molecule has 0 aromatic heterocycles. The summed E-state index contributed by atoms with van der Waals surface area (Å²) in [6.45, 7) is 0.0691. The summed E-state index contributed by atoms with van der Waals surface area (Å²) in [5.74, 6) is -1.61. The number of piperazine rings is 1. The Morgan fingerprint density at radius 3 is 2.67 bits per heavy atom. The van der Waals surface area contributed by atoms with Gasteiger partial charge in [-0.25, -0.2) is 0 Å². The second-order valence-corrected chi connectivity index (χ2v) is 3.92. The van der Waals surface area contributed by atoms with Crippen molar-refractivity contribution in [1.29, 1.82) is 0 Å². The standard InChI is InChI=1S/C9H12N2O4/c12-7-4-11(5-1-2-5)9(15)6(10-7)3-8(13)14/h5-6H,1-4H2,(H,10,12)(H,13,14). The average molecular weight is 212 g/mol. The van der Waals surface area contributed by atoms with Gasteiger partial charge >= 0.3 is 5.97 Å². The Bertz CT molecular complexity index is 322. The number of hydrogen-bond acceptors (Lipinski definition) is 3. The van der Waals surface area contributed by atoms with Gasteiger partial charge in [0, 0.05) is 6.04 Å². The van der Waals surface area contributed by atoms with Gasteiger partial charge in [-0.05, 0) is 12.8 Å². The van der Waals surface area contributed by atoms with Crippen LogP contribution in [-0.2, 0) is 14.4 Å². The molecule has 1 atom stereocenters. The van der Waals surface area contributed by atoms with E-state index in [2.05, 4.69) is 5.32 Å². The van der Waals surface area contributed by atoms with Crippen molar-refractivity contribution in [3.05, 3.63) is 0 Å². The second-order valence-electron chi connectivity index (χ2n) is 3.92. The molecular weight excluding hydrogens is 200 g/mol. The highest BCUT2D eigenvalue weighted by Crippen LogP contribution is 2.28. The van der Waals surface area contributed by atoms with E-state index in [-0.39, 0.29) is 30.8 Å². The Morgan fingerprint density at radius 1 is 1.47 bits per heavy atom. The minimum Gasteiger partial charge on any atom is -0.481 e. The molecule has 1 aliphatic heterocycles. The lowest BCUT2D eigenvalue weighted by molar-refractivity contribution is -0.148. The summed E-state index contributed by atoms with van der Waals surface area (Å²) < 4.78 is 0. The van der Waals surface area contributed by atoms with Crippen LogP contribution in [0.5, 0.6) is 0 Å². The van der Waals surface area contributed by atoms with Crippen molar-refractivity contribution in [2.24, 2.45) is 0 Å². The molecule has 1 saturated heterocycles. The Morgan fingerprint density at radius 2 is 2.13 bits per heavy atom. The van der Waals surface area contributed by atoms with Crippen LogP contribution in [0.25, 0.3) is 0 Å². The lowest BCUT2D eigenvalue weighted by Crippen LogP contribution is -2.59. The molecule has 2 aliphatic rings. The summed E-state index contributed by atoms with van der Waals surface area (Å²) in [6, 6.07) is -0.732. The fourth-order valence-corrected chi connectivity index (χ4v) is 1.74. The third-order valence-corrected chi connectivity index (χ3v) is 2.60. The van der Waals surface area contributed by atoms with Gasteiger partial charge in [-0.2, -0.15) is 0 Å². The molecule has 2 N–H and O–H groups in total. The minimum atomic E-state index is -1.08. The number of carboxylic acid groups (broad SMARTS) is 1. The molecule has 1 aliphatic carbocycles. The third kappa shape index (κ3) is 2.08. The van der Waals surface area contributed by atoms with Crippen LogP contribution in [0.3, 0.4) is 0 Å². The number of aliphatic carboxylic acids is 1. The van der Waals surface area contributed by atoms with Crippen molar-refractivity contribution in [3.8, 4) is 0 Å². The zero-order chi connectivity index (χ0) is 11.0. The van der Waals surface area contributed by atoms with E-state index < -0.39 is 12.0 Å². The Balaban J connectivity index is 2.06. The van der Waals surface area contributed by atoms with Gasteiger partial charge in [0.15, 0.2) is 0 Å². The van der Waals surface area contributed by atoms with Gasteiger partial charge in [-0.1, -0.05) is 0 Å². The molecule has 0 aromatic rings. The zero-order valence-corrected chi connectivity index (χ0v) is 8.10. The van der Waals surface area contributed by atoms with Gasteiger partial charge in [-0.3, -0.25) is 14.4 Å². The van der Waals surface area contributed by atoms with E-state index in [0.717, 1.165) is 12.8 Å². The predicted molar refractivity (Wildman–Crippen MR) is 48.9 cm³/mol. The van der Waals surface area contributed by atoms with E-state index in [0.29, 0.717) is 0 Å². The summed E-state index contributed by atoms with van der Waals surface area (Å²) in [4.78, 5) is 35.0. The highest BCUT2D eigenvalue weighted by molar-refractivity contribution is 5.97. The Kier molecular flexibility index (Phi) is 2.34. The molecule has 82 valence electrons. The number of nitrogens with zero attached hydrogens (tertiary/aromatic N) is 1. The average Bonchev–Trinajstić information content (AvgIpc) is 2.92. The summed E-state index contributed by atoms with van der Waals surface area (Å²) in [7, 11) is 0. The van der Waals surface area contributed by atoms with Crippen molar-refractivity contribution in [2.75, 3.05) is 6.54 Å². The quantitative estimate of drug-likeness (QED) is 0.625. The van der Waals surface area contributed by atoms with E-state index in [1.807, 2.05) is 0 Å². The largest absolute Gasteiger partial charge is 0.481 e. The molecule has 6 nitrogen and oxygen atoms in total. The lowest BCUT2D eigenvalue weighted by atomic mass is 10.1. The normalized spacial score (nSPS) is 26.4. The molecule has 0 aromatic carbocycles. The minimum absolute atomic E-state index is 0.0691. The van der Waals surface area contributed by atoms with Crippen LogP contribution < -0.4 is 5.32 Å². The number of nitrogens with one attached hydrogen (secondary N) is 1. The Labute approximate surface area is 86.2 Å². The van der Waals surface area contributed by atoms with Gasteiger partial charge in [-0.15, -0.1) is 0 Å². The van der Waals surface area contributed by atoms with E-state index in [1.165, 1.54) is 4.90 Å². The number of carbonyl (C=O) groups excluding carboxylic acids is 2. The highest BCUT2D eigenvalue weighted by atomic mass is 16.4. The maximum absolute atomic E-state index is 11.7. The molecule has 1 heterocycles. The van der Waals surface area contributed by atoms with Gasteiger partial charge in [0.25, 0.3) is 0 Å². The number of carbonyl (C=O) groups is 3. The molecule has 2 fully saturated rings. The number of carboxylic acids is 1. The molecule has 2 rings (SSSR count). The second kappa shape index (κ2) is 3.52. The third-order valence-electron chi connectivity index (χ3n) is 2.60. The first kappa shape index (κ1) is 9.95. The SMILES string of the molecule is O=C(O)CC1NC(=O)CN(C2CC2)C1=O. The number of hydrogen-bond donors (Lipinski definition) is 2. The fraction of sp³-hybridized carbons (Fsp3) is 0.667. The van der Waals surface area contributed by atoms with Gasteiger partial charge in [0.2, 0.25) is 11.8 Å². The van der Waals surface area contributed by atoms with E-state index in [4.69, 9.17) is 5.11 Å². The molecule has 1 unspecified atom stereocenters. The van der Waals surface area contributed by atoms with Crippen LogP contribution in [0.2, 0.25) is 0 Å². The molecule has 0 radical (unpaired) electrons. The van der Waals surface area contributed by atoms with Gasteiger partial charge in [0.1, 0.15) is 6.04 Å². The molecule has 0 spiro atoms. The van der Waals surface area contributed by atoms with Crippen LogP contribution >= 0.6 is 0 Å². The fourth-order valence-electron chi connectivity index (χ4n) is 1.74. The molecule has 6 heteroatoms. The first-order valence-electron chi connectivity index (χ1n) is 4.89. The first-order chi connectivity index (χ1) is 7.08. The van der Waals surface area contributed by atoms with E-state index in [9.17, 15) is 14.4 Å². The van der Waals surface area contributed by atoms with Crippen LogP contribution in [0, 0.1) is 0 Å². The predicted octanol–water partition coefficient (Wildman–Crippen LogP) is -1.05. The first-order valence-corrected chi connectivity index (χ1v) is 4.89. The number of rotatable bonds is 3. The maximum atomic E-state index is 11.7.